The van der Waals surface area contributed by atoms with Gasteiger partial charge in [0.2, 0.25) is 10.0 Å². The van der Waals surface area contributed by atoms with Crippen molar-refractivity contribution in [2.75, 3.05) is 5.32 Å². The molecule has 20 heavy (non-hydrogen) atoms. The second-order valence-corrected chi connectivity index (χ2v) is 6.91. The number of anilines is 1. The summed E-state index contributed by atoms with van der Waals surface area (Å²) in [5.41, 5.74) is 0.445. The number of sulfonamides is 1. The van der Waals surface area contributed by atoms with Crippen LogP contribution in [0.25, 0.3) is 0 Å². The smallest absolute Gasteiger partial charge is 0.259 e. The molecule has 2 heterocycles. The highest BCUT2D eigenvalue weighted by Crippen LogP contribution is 2.26. The molecular formula is C10H9ClN4O3S2. The lowest BCUT2D eigenvalue weighted by molar-refractivity contribution is 0.102. The van der Waals surface area contributed by atoms with E-state index in [-0.39, 0.29) is 25.6 Å². The first-order chi connectivity index (χ1) is 9.29. The number of nitrogens with one attached hydrogen (secondary N) is 1. The Morgan fingerprint density at radius 3 is 2.75 bits per heavy atom. The van der Waals surface area contributed by atoms with Crippen LogP contribution < -0.4 is 10.5 Å². The fourth-order valence-electron chi connectivity index (χ4n) is 1.42. The van der Waals surface area contributed by atoms with Gasteiger partial charge in [0.25, 0.3) is 5.91 Å². The summed E-state index contributed by atoms with van der Waals surface area (Å²) in [5, 5.41) is 7.82. The van der Waals surface area contributed by atoms with Crippen LogP contribution in [0.1, 0.15) is 16.1 Å². The molecule has 0 aromatic carbocycles. The third kappa shape index (κ3) is 3.12. The number of carbonyl (C=O) groups excluding carboxylic acids is 1. The number of rotatable bonds is 3. The SMILES string of the molecule is Cc1nc(NC(=O)c2ccncc2Cl)sc1S(N)(=O)=O. The third-order valence-corrected chi connectivity index (χ3v) is 5.18. The summed E-state index contributed by atoms with van der Waals surface area (Å²) in [5.74, 6) is -0.507. The molecule has 2 rings (SSSR count). The normalized spacial score (nSPS) is 11.3. The number of hydrogen-bond donors (Lipinski definition) is 2. The molecule has 0 saturated carbocycles. The third-order valence-electron chi connectivity index (χ3n) is 2.25. The van der Waals surface area contributed by atoms with Crippen molar-refractivity contribution >= 4 is 44.0 Å². The maximum atomic E-state index is 12.0. The Kier molecular flexibility index (Phi) is 4.04. The topological polar surface area (TPSA) is 115 Å². The number of nitrogens with zero attached hydrogens (tertiary/aromatic N) is 2. The number of amides is 1. The number of pyridine rings is 1. The minimum absolute atomic E-state index is 0.0892. The van der Waals surface area contributed by atoms with Crippen LogP contribution in [-0.4, -0.2) is 24.3 Å². The molecule has 0 unspecified atom stereocenters. The molecule has 0 saturated heterocycles. The zero-order valence-electron chi connectivity index (χ0n) is 10.1. The van der Waals surface area contributed by atoms with Gasteiger partial charge in [-0.1, -0.05) is 22.9 Å². The van der Waals surface area contributed by atoms with Crippen molar-refractivity contribution in [3.05, 3.63) is 34.7 Å². The minimum Gasteiger partial charge on any atom is -0.298 e. The number of halogens is 1. The van der Waals surface area contributed by atoms with Crippen molar-refractivity contribution in [2.45, 2.75) is 11.1 Å². The largest absolute Gasteiger partial charge is 0.298 e. The van der Waals surface area contributed by atoms with Gasteiger partial charge in [0.15, 0.2) is 9.34 Å². The lowest BCUT2D eigenvalue weighted by Gasteiger charge is -2.02. The van der Waals surface area contributed by atoms with E-state index in [2.05, 4.69) is 15.3 Å². The second-order valence-electron chi connectivity index (χ2n) is 3.75. The molecule has 1 amide bonds. The number of aryl methyl sites for hydroxylation is 1. The molecule has 0 aliphatic carbocycles. The highest BCUT2D eigenvalue weighted by atomic mass is 35.5. The van der Waals surface area contributed by atoms with Crippen molar-refractivity contribution in [2.24, 2.45) is 5.14 Å². The van der Waals surface area contributed by atoms with Gasteiger partial charge < -0.3 is 0 Å². The molecule has 2 aromatic heterocycles. The van der Waals surface area contributed by atoms with Crippen LogP contribution in [0.3, 0.4) is 0 Å². The van der Waals surface area contributed by atoms with Crippen LogP contribution in [0.15, 0.2) is 22.7 Å². The van der Waals surface area contributed by atoms with Crippen molar-refractivity contribution in [1.29, 1.82) is 0 Å². The predicted molar refractivity (Wildman–Crippen MR) is 75.4 cm³/mol. The molecule has 0 spiro atoms. The summed E-state index contributed by atoms with van der Waals surface area (Å²) in [6.07, 6.45) is 2.75. The van der Waals surface area contributed by atoms with E-state index < -0.39 is 15.9 Å². The Bertz CT molecular complexity index is 773. The summed E-state index contributed by atoms with van der Waals surface area (Å²) in [4.78, 5) is 19.7. The van der Waals surface area contributed by atoms with Crippen LogP contribution in [0.4, 0.5) is 5.13 Å². The summed E-state index contributed by atoms with van der Waals surface area (Å²) in [6.45, 7) is 1.49. The monoisotopic (exact) mass is 332 g/mol. The maximum absolute atomic E-state index is 12.0. The van der Waals surface area contributed by atoms with Gasteiger partial charge in [-0.2, -0.15) is 0 Å². The molecule has 0 aliphatic rings. The molecule has 7 nitrogen and oxygen atoms in total. The standard InChI is InChI=1S/C10H9ClN4O3S2/c1-5-9(20(12,17)18)19-10(14-5)15-8(16)6-2-3-13-4-7(6)11/h2-4H,1H3,(H2,12,17,18)(H,14,15,16). The van der Waals surface area contributed by atoms with E-state index in [9.17, 15) is 13.2 Å². The zero-order chi connectivity index (χ0) is 14.9. The Labute approximate surface area is 123 Å². The highest BCUT2D eigenvalue weighted by Gasteiger charge is 2.19. The molecule has 3 N–H and O–H groups in total. The Morgan fingerprint density at radius 2 is 2.20 bits per heavy atom. The first kappa shape index (κ1) is 14.9. The zero-order valence-corrected chi connectivity index (χ0v) is 12.5. The van der Waals surface area contributed by atoms with Gasteiger partial charge in [-0.3, -0.25) is 15.1 Å². The summed E-state index contributed by atoms with van der Waals surface area (Å²) in [6, 6.07) is 1.44. The maximum Gasteiger partial charge on any atom is 0.259 e. The van der Waals surface area contributed by atoms with Gasteiger partial charge in [0.05, 0.1) is 16.3 Å². The van der Waals surface area contributed by atoms with Gasteiger partial charge in [0, 0.05) is 12.4 Å². The van der Waals surface area contributed by atoms with Crippen LogP contribution >= 0.6 is 22.9 Å². The van der Waals surface area contributed by atoms with Gasteiger partial charge >= 0.3 is 0 Å². The number of aromatic nitrogens is 2. The minimum atomic E-state index is -3.85. The number of primary sulfonamides is 1. The summed E-state index contributed by atoms with van der Waals surface area (Å²) < 4.78 is 22.5. The molecule has 0 fully saturated rings. The number of thiazole rings is 1. The average molecular weight is 333 g/mol. The van der Waals surface area contributed by atoms with Crippen LogP contribution in [0.5, 0.6) is 0 Å². The molecular weight excluding hydrogens is 324 g/mol. The van der Waals surface area contributed by atoms with Crippen molar-refractivity contribution in [1.82, 2.24) is 9.97 Å². The first-order valence-corrected chi connectivity index (χ1v) is 7.94. The molecule has 2 aromatic rings. The molecule has 0 radical (unpaired) electrons. The molecule has 0 bridgehead atoms. The van der Waals surface area contributed by atoms with E-state index in [1.165, 1.54) is 25.4 Å². The molecule has 10 heteroatoms. The quantitative estimate of drug-likeness (QED) is 0.881. The highest BCUT2D eigenvalue weighted by molar-refractivity contribution is 7.91. The number of hydrogen-bond acceptors (Lipinski definition) is 6. The molecule has 0 atom stereocenters. The van der Waals surface area contributed by atoms with Crippen molar-refractivity contribution < 1.29 is 13.2 Å². The van der Waals surface area contributed by atoms with Crippen molar-refractivity contribution in [3.63, 3.8) is 0 Å². The molecule has 0 aliphatic heterocycles. The van der Waals surface area contributed by atoms with E-state index in [1.54, 1.807) is 0 Å². The Hall–Kier alpha value is -1.55. The molecule has 106 valence electrons. The van der Waals surface area contributed by atoms with Crippen LogP contribution in [-0.2, 0) is 10.0 Å². The number of carbonyl (C=O) groups is 1. The van der Waals surface area contributed by atoms with Gasteiger partial charge in [-0.05, 0) is 13.0 Å². The van der Waals surface area contributed by atoms with Crippen LogP contribution in [0.2, 0.25) is 5.02 Å². The summed E-state index contributed by atoms with van der Waals surface area (Å²) in [7, 11) is -3.85. The average Bonchev–Trinajstić information content (AvgIpc) is 2.70. The van der Waals surface area contributed by atoms with E-state index in [1.807, 2.05) is 0 Å². The Balaban J connectivity index is 2.28. The second kappa shape index (κ2) is 5.44. The fraction of sp³-hybridized carbons (Fsp3) is 0.100. The van der Waals surface area contributed by atoms with E-state index >= 15 is 0 Å². The fourth-order valence-corrected chi connectivity index (χ4v) is 3.48. The van der Waals surface area contributed by atoms with E-state index in [0.29, 0.717) is 0 Å². The van der Waals surface area contributed by atoms with E-state index in [4.69, 9.17) is 16.7 Å². The number of nitrogens with two attached hydrogens (primary N) is 1. The summed E-state index contributed by atoms with van der Waals surface area (Å²) >= 11 is 6.62. The van der Waals surface area contributed by atoms with E-state index in [0.717, 1.165) is 11.3 Å². The Morgan fingerprint density at radius 1 is 1.50 bits per heavy atom. The van der Waals surface area contributed by atoms with Crippen molar-refractivity contribution in [3.8, 4) is 0 Å². The van der Waals surface area contributed by atoms with Gasteiger partial charge in [0.1, 0.15) is 0 Å². The first-order valence-electron chi connectivity index (χ1n) is 5.20. The van der Waals surface area contributed by atoms with Crippen LogP contribution in [0, 0.1) is 6.92 Å². The predicted octanol–water partition coefficient (Wildman–Crippen LogP) is 1.40. The van der Waals surface area contributed by atoms with Gasteiger partial charge in [-0.15, -0.1) is 0 Å². The lowest BCUT2D eigenvalue weighted by atomic mass is 10.2. The van der Waals surface area contributed by atoms with Gasteiger partial charge in [-0.25, -0.2) is 18.5 Å². The lowest BCUT2D eigenvalue weighted by Crippen LogP contribution is -2.12.